The fourth-order valence-corrected chi connectivity index (χ4v) is 4.89. The molecule has 0 aliphatic carbocycles. The highest BCUT2D eigenvalue weighted by Gasteiger charge is 2.48. The molecule has 1 fully saturated rings. The number of carbonyl (C=O) groups is 2. The molecule has 188 valence electrons. The van der Waals surface area contributed by atoms with Crippen LogP contribution in [0.2, 0.25) is 10.0 Å². The number of nitrogens with zero attached hydrogens (tertiary/aromatic N) is 1. The maximum Gasteiger partial charge on any atom is 0.326 e. The summed E-state index contributed by atoms with van der Waals surface area (Å²) in [6.45, 7) is 1.88. The van der Waals surface area contributed by atoms with Gasteiger partial charge in [0, 0.05) is 16.5 Å². The molecule has 0 bridgehead atoms. The number of benzene rings is 3. The molecule has 0 radical (unpaired) electrons. The van der Waals surface area contributed by atoms with Gasteiger partial charge in [-0.2, -0.15) is 0 Å². The Kier molecular flexibility index (Phi) is 8.29. The number of ether oxygens (including phenoxy) is 1. The highest BCUT2D eigenvalue weighted by molar-refractivity contribution is 6.30. The van der Waals surface area contributed by atoms with Gasteiger partial charge in [0.05, 0.1) is 6.04 Å². The molecule has 4 atom stereocenters. The Balaban J connectivity index is 1.84. The molecular formula is C28H26Cl2FNO4. The van der Waals surface area contributed by atoms with Crippen LogP contribution in [0.15, 0.2) is 72.8 Å². The van der Waals surface area contributed by atoms with Gasteiger partial charge in [0.2, 0.25) is 0 Å². The number of carboxylic acids is 1. The lowest BCUT2D eigenvalue weighted by atomic mass is 9.88. The molecule has 0 saturated carbocycles. The van der Waals surface area contributed by atoms with Gasteiger partial charge in [-0.1, -0.05) is 72.9 Å². The van der Waals surface area contributed by atoms with Crippen LogP contribution in [0.5, 0.6) is 0 Å². The van der Waals surface area contributed by atoms with Crippen LogP contribution in [0.1, 0.15) is 48.6 Å². The van der Waals surface area contributed by atoms with Gasteiger partial charge in [0.25, 0.3) is 5.91 Å². The van der Waals surface area contributed by atoms with Crippen LogP contribution < -0.4 is 0 Å². The first-order valence-corrected chi connectivity index (χ1v) is 12.5. The Hall–Kier alpha value is -2.93. The number of morpholine rings is 1. The number of aliphatic carboxylic acids is 1. The van der Waals surface area contributed by atoms with E-state index in [-0.39, 0.29) is 18.7 Å². The van der Waals surface area contributed by atoms with E-state index >= 15 is 0 Å². The molecule has 0 unspecified atom stereocenters. The molecule has 1 saturated heterocycles. The molecule has 4 rings (SSSR count). The number of halogens is 3. The molecule has 1 aliphatic heterocycles. The summed E-state index contributed by atoms with van der Waals surface area (Å²) in [6.07, 6.45) is -0.611. The Morgan fingerprint density at radius 2 is 1.53 bits per heavy atom. The number of carboxylic acid groups (broad SMARTS) is 1. The first-order chi connectivity index (χ1) is 17.3. The quantitative estimate of drug-likeness (QED) is 0.355. The fourth-order valence-electron chi connectivity index (χ4n) is 4.64. The van der Waals surface area contributed by atoms with Gasteiger partial charge in [-0.3, -0.25) is 4.79 Å². The smallest absolute Gasteiger partial charge is 0.326 e. The summed E-state index contributed by atoms with van der Waals surface area (Å²) in [4.78, 5) is 27.8. The largest absolute Gasteiger partial charge is 0.480 e. The predicted molar refractivity (Wildman–Crippen MR) is 137 cm³/mol. The second kappa shape index (κ2) is 11.4. The van der Waals surface area contributed by atoms with E-state index in [0.29, 0.717) is 27.6 Å². The number of rotatable bonds is 8. The van der Waals surface area contributed by atoms with E-state index in [2.05, 4.69) is 0 Å². The van der Waals surface area contributed by atoms with E-state index in [9.17, 15) is 19.1 Å². The van der Waals surface area contributed by atoms with Crippen molar-refractivity contribution in [2.24, 2.45) is 0 Å². The summed E-state index contributed by atoms with van der Waals surface area (Å²) in [5, 5.41) is 11.2. The third-order valence-corrected chi connectivity index (χ3v) is 6.86. The Labute approximate surface area is 219 Å². The van der Waals surface area contributed by atoms with Gasteiger partial charge in [0.1, 0.15) is 24.1 Å². The summed E-state index contributed by atoms with van der Waals surface area (Å²) in [5.74, 6) is -1.89. The van der Waals surface area contributed by atoms with Crippen LogP contribution in [0.25, 0.3) is 0 Å². The molecule has 0 aromatic heterocycles. The van der Waals surface area contributed by atoms with E-state index in [1.54, 1.807) is 48.5 Å². The SMILES string of the molecule is CCC[C@@H](C(=O)O)N1C(=O)[C@@H](Cc2ccc(F)cc2)O[C@H](c2ccc(Cl)cc2)[C@@H]1c1ccc(Cl)cc1. The molecule has 1 heterocycles. The van der Waals surface area contributed by atoms with Crippen LogP contribution in [0.3, 0.4) is 0 Å². The summed E-state index contributed by atoms with van der Waals surface area (Å²) < 4.78 is 19.9. The van der Waals surface area contributed by atoms with Crippen molar-refractivity contribution < 1.29 is 23.8 Å². The van der Waals surface area contributed by atoms with Crippen molar-refractivity contribution in [1.82, 2.24) is 4.90 Å². The minimum atomic E-state index is -1.08. The van der Waals surface area contributed by atoms with Crippen molar-refractivity contribution in [2.45, 2.75) is 50.5 Å². The van der Waals surface area contributed by atoms with Crippen LogP contribution in [-0.4, -0.2) is 34.0 Å². The highest BCUT2D eigenvalue weighted by Crippen LogP contribution is 2.44. The lowest BCUT2D eigenvalue weighted by Gasteiger charge is -2.47. The van der Waals surface area contributed by atoms with Crippen LogP contribution in [0, 0.1) is 5.82 Å². The summed E-state index contributed by atoms with van der Waals surface area (Å²) in [6, 6.07) is 18.1. The highest BCUT2D eigenvalue weighted by atomic mass is 35.5. The molecule has 3 aromatic carbocycles. The number of hydrogen-bond acceptors (Lipinski definition) is 3. The Bertz CT molecular complexity index is 1200. The van der Waals surface area contributed by atoms with Gasteiger partial charge in [-0.05, 0) is 59.5 Å². The average molecular weight is 530 g/mol. The maximum absolute atomic E-state index is 13.9. The third kappa shape index (κ3) is 5.72. The zero-order chi connectivity index (χ0) is 25.8. The maximum atomic E-state index is 13.9. The van der Waals surface area contributed by atoms with Crippen LogP contribution in [0.4, 0.5) is 4.39 Å². The van der Waals surface area contributed by atoms with E-state index in [4.69, 9.17) is 27.9 Å². The second-order valence-corrected chi connectivity index (χ2v) is 9.68. The van der Waals surface area contributed by atoms with Gasteiger partial charge >= 0.3 is 5.97 Å². The van der Waals surface area contributed by atoms with Gasteiger partial charge in [-0.25, -0.2) is 9.18 Å². The van der Waals surface area contributed by atoms with Crippen LogP contribution >= 0.6 is 23.2 Å². The molecule has 1 N–H and O–H groups in total. The normalized spacial score (nSPS) is 20.8. The van der Waals surface area contributed by atoms with Crippen LogP contribution in [-0.2, 0) is 20.7 Å². The first-order valence-electron chi connectivity index (χ1n) is 11.7. The molecule has 36 heavy (non-hydrogen) atoms. The zero-order valence-electron chi connectivity index (χ0n) is 19.6. The van der Waals surface area contributed by atoms with E-state index in [1.165, 1.54) is 17.0 Å². The fraction of sp³-hybridized carbons (Fsp3) is 0.286. The zero-order valence-corrected chi connectivity index (χ0v) is 21.1. The van der Waals surface area contributed by atoms with E-state index in [0.717, 1.165) is 5.56 Å². The number of amides is 1. The monoisotopic (exact) mass is 529 g/mol. The molecular weight excluding hydrogens is 504 g/mol. The topological polar surface area (TPSA) is 66.8 Å². The predicted octanol–water partition coefficient (Wildman–Crippen LogP) is 6.64. The van der Waals surface area contributed by atoms with Gasteiger partial charge in [-0.15, -0.1) is 0 Å². The van der Waals surface area contributed by atoms with Gasteiger partial charge < -0.3 is 14.7 Å². The Morgan fingerprint density at radius 3 is 2.06 bits per heavy atom. The molecule has 1 amide bonds. The molecule has 5 nitrogen and oxygen atoms in total. The van der Waals surface area contributed by atoms with Crippen molar-refractivity contribution in [3.8, 4) is 0 Å². The minimum Gasteiger partial charge on any atom is -0.480 e. The lowest BCUT2D eigenvalue weighted by Crippen LogP contribution is -2.57. The summed E-state index contributed by atoms with van der Waals surface area (Å²) >= 11 is 12.3. The van der Waals surface area contributed by atoms with Crippen molar-refractivity contribution in [3.05, 3.63) is 105 Å². The van der Waals surface area contributed by atoms with Crippen molar-refractivity contribution in [2.75, 3.05) is 0 Å². The molecule has 8 heteroatoms. The summed E-state index contributed by atoms with van der Waals surface area (Å²) in [7, 11) is 0. The van der Waals surface area contributed by atoms with Gasteiger partial charge in [0.15, 0.2) is 0 Å². The van der Waals surface area contributed by atoms with Crippen molar-refractivity contribution in [1.29, 1.82) is 0 Å². The Morgan fingerprint density at radius 1 is 0.972 bits per heavy atom. The second-order valence-electron chi connectivity index (χ2n) is 8.81. The average Bonchev–Trinajstić information content (AvgIpc) is 2.86. The van der Waals surface area contributed by atoms with Crippen molar-refractivity contribution in [3.63, 3.8) is 0 Å². The number of carbonyl (C=O) groups excluding carboxylic acids is 1. The lowest BCUT2D eigenvalue weighted by molar-refractivity contribution is -0.184. The standard InChI is InChI=1S/C28H26Cl2FNO4/c1-2-3-23(28(34)35)32-25(18-6-10-20(29)11-7-18)26(19-8-12-21(30)13-9-19)36-24(27(32)33)16-17-4-14-22(31)15-5-17/h4-15,23-26H,2-3,16H2,1H3,(H,34,35)/t23-,24+,25-,26+/m0/s1. The van der Waals surface area contributed by atoms with E-state index in [1.807, 2.05) is 19.1 Å². The first kappa shape index (κ1) is 26.1. The third-order valence-electron chi connectivity index (χ3n) is 6.35. The number of hydrogen-bond donors (Lipinski definition) is 1. The van der Waals surface area contributed by atoms with Crippen molar-refractivity contribution >= 4 is 35.1 Å². The minimum absolute atomic E-state index is 0.172. The molecule has 1 aliphatic rings. The molecule has 3 aromatic rings. The van der Waals surface area contributed by atoms with E-state index < -0.39 is 36.2 Å². The molecule has 0 spiro atoms. The summed E-state index contributed by atoms with van der Waals surface area (Å²) in [5.41, 5.74) is 2.16.